The number of anilines is 1. The van der Waals surface area contributed by atoms with Gasteiger partial charge in [-0.1, -0.05) is 0 Å². The smallest absolute Gasteiger partial charge is 0.267 e. The van der Waals surface area contributed by atoms with Gasteiger partial charge in [0, 0.05) is 11.3 Å². The monoisotopic (exact) mass is 422 g/mol. The Balaban J connectivity index is 1.53. The van der Waals surface area contributed by atoms with Crippen molar-refractivity contribution in [2.24, 2.45) is 0 Å². The molecule has 0 fully saturated rings. The fourth-order valence-corrected chi connectivity index (χ4v) is 3.82. The van der Waals surface area contributed by atoms with E-state index in [0.717, 1.165) is 16.3 Å². The van der Waals surface area contributed by atoms with Crippen molar-refractivity contribution in [1.82, 2.24) is 25.2 Å². The SMILES string of the molecule is COc1ccc(-c2nc(C)c(C(=O)Nc3ccc(-n4cnnn4)cc3)s2)cc1OC. The molecular weight excluding hydrogens is 404 g/mol. The van der Waals surface area contributed by atoms with Gasteiger partial charge in [-0.15, -0.1) is 16.4 Å². The first kappa shape index (κ1) is 19.5. The summed E-state index contributed by atoms with van der Waals surface area (Å²) in [6, 6.07) is 12.8. The van der Waals surface area contributed by atoms with E-state index in [1.165, 1.54) is 22.3 Å². The van der Waals surface area contributed by atoms with Crippen LogP contribution in [0.1, 0.15) is 15.4 Å². The fraction of sp³-hybridized carbons (Fsp3) is 0.150. The van der Waals surface area contributed by atoms with E-state index in [0.29, 0.717) is 27.8 Å². The van der Waals surface area contributed by atoms with Crippen LogP contribution in [0.5, 0.6) is 11.5 Å². The number of benzene rings is 2. The normalized spacial score (nSPS) is 10.6. The largest absolute Gasteiger partial charge is 0.493 e. The summed E-state index contributed by atoms with van der Waals surface area (Å²) in [5, 5.41) is 14.7. The van der Waals surface area contributed by atoms with E-state index < -0.39 is 0 Å². The first-order valence-corrected chi connectivity index (χ1v) is 9.75. The number of thiazole rings is 1. The Morgan fingerprint density at radius 1 is 1.07 bits per heavy atom. The number of aryl methyl sites for hydroxylation is 1. The molecule has 1 N–H and O–H groups in total. The van der Waals surface area contributed by atoms with Gasteiger partial charge in [0.25, 0.3) is 5.91 Å². The molecule has 0 saturated carbocycles. The summed E-state index contributed by atoms with van der Waals surface area (Å²) in [7, 11) is 3.17. The molecule has 10 heteroatoms. The number of amides is 1. The van der Waals surface area contributed by atoms with Crippen LogP contribution in [0.25, 0.3) is 16.3 Å². The molecule has 1 amide bonds. The highest BCUT2D eigenvalue weighted by Gasteiger charge is 2.17. The third kappa shape index (κ3) is 3.85. The molecule has 0 bridgehead atoms. The summed E-state index contributed by atoms with van der Waals surface area (Å²) in [5.41, 5.74) is 2.97. The number of carbonyl (C=O) groups excluding carboxylic acids is 1. The molecule has 0 spiro atoms. The van der Waals surface area contributed by atoms with Gasteiger partial charge >= 0.3 is 0 Å². The average Bonchev–Trinajstić information content (AvgIpc) is 3.44. The minimum absolute atomic E-state index is 0.216. The Kier molecular flexibility index (Phi) is 5.40. The summed E-state index contributed by atoms with van der Waals surface area (Å²) >= 11 is 1.32. The van der Waals surface area contributed by atoms with E-state index in [1.807, 2.05) is 37.3 Å². The lowest BCUT2D eigenvalue weighted by atomic mass is 10.2. The highest BCUT2D eigenvalue weighted by atomic mass is 32.1. The van der Waals surface area contributed by atoms with Crippen molar-refractivity contribution in [2.45, 2.75) is 6.92 Å². The van der Waals surface area contributed by atoms with Crippen molar-refractivity contribution in [3.05, 3.63) is 59.4 Å². The number of aromatic nitrogens is 5. The number of hydrogen-bond acceptors (Lipinski definition) is 8. The Hall–Kier alpha value is -3.79. The zero-order valence-electron chi connectivity index (χ0n) is 16.5. The van der Waals surface area contributed by atoms with Gasteiger partial charge in [0.1, 0.15) is 16.2 Å². The van der Waals surface area contributed by atoms with Crippen molar-refractivity contribution >= 4 is 22.9 Å². The number of hydrogen-bond donors (Lipinski definition) is 1. The predicted molar refractivity (Wildman–Crippen MR) is 112 cm³/mol. The molecule has 4 aromatic rings. The van der Waals surface area contributed by atoms with Crippen molar-refractivity contribution < 1.29 is 14.3 Å². The third-order valence-electron chi connectivity index (χ3n) is 4.37. The molecule has 0 aliphatic heterocycles. The van der Waals surface area contributed by atoms with Gasteiger partial charge in [-0.05, 0) is 59.8 Å². The van der Waals surface area contributed by atoms with Gasteiger partial charge in [0.2, 0.25) is 0 Å². The Labute approximate surface area is 176 Å². The van der Waals surface area contributed by atoms with Crippen LogP contribution >= 0.6 is 11.3 Å². The number of carbonyl (C=O) groups is 1. The number of ether oxygens (including phenoxy) is 2. The quantitative estimate of drug-likeness (QED) is 0.508. The molecule has 0 aliphatic carbocycles. The van der Waals surface area contributed by atoms with Gasteiger partial charge in [0.05, 0.1) is 25.6 Å². The summed E-state index contributed by atoms with van der Waals surface area (Å²) in [6.07, 6.45) is 1.50. The molecule has 0 unspecified atom stereocenters. The van der Waals surface area contributed by atoms with Crippen LogP contribution in [0.15, 0.2) is 48.8 Å². The van der Waals surface area contributed by atoms with Crippen LogP contribution < -0.4 is 14.8 Å². The molecule has 2 aromatic heterocycles. The second-order valence-corrected chi connectivity index (χ2v) is 7.26. The Morgan fingerprint density at radius 3 is 2.50 bits per heavy atom. The van der Waals surface area contributed by atoms with E-state index in [1.54, 1.807) is 26.4 Å². The lowest BCUT2D eigenvalue weighted by molar-refractivity contribution is 0.103. The van der Waals surface area contributed by atoms with E-state index in [4.69, 9.17) is 9.47 Å². The molecule has 0 atom stereocenters. The summed E-state index contributed by atoms with van der Waals surface area (Å²) < 4.78 is 12.2. The molecule has 0 saturated heterocycles. The van der Waals surface area contributed by atoms with Crippen LogP contribution in [-0.4, -0.2) is 45.3 Å². The molecule has 2 aromatic carbocycles. The van der Waals surface area contributed by atoms with E-state index in [2.05, 4.69) is 25.8 Å². The fourth-order valence-electron chi connectivity index (χ4n) is 2.86. The number of nitrogens with zero attached hydrogens (tertiary/aromatic N) is 5. The van der Waals surface area contributed by atoms with Gasteiger partial charge < -0.3 is 14.8 Å². The Bertz CT molecular complexity index is 1170. The van der Waals surface area contributed by atoms with Crippen LogP contribution in [-0.2, 0) is 0 Å². The molecule has 30 heavy (non-hydrogen) atoms. The van der Waals surface area contributed by atoms with Gasteiger partial charge in [-0.3, -0.25) is 4.79 Å². The third-order valence-corrected chi connectivity index (χ3v) is 5.58. The number of nitrogens with one attached hydrogen (secondary N) is 1. The average molecular weight is 422 g/mol. The van der Waals surface area contributed by atoms with E-state index >= 15 is 0 Å². The van der Waals surface area contributed by atoms with Crippen LogP contribution in [0, 0.1) is 6.92 Å². The zero-order valence-corrected chi connectivity index (χ0v) is 17.3. The second-order valence-electron chi connectivity index (χ2n) is 6.26. The van der Waals surface area contributed by atoms with E-state index in [-0.39, 0.29) is 5.91 Å². The van der Waals surface area contributed by atoms with Gasteiger partial charge in [0.15, 0.2) is 11.5 Å². The molecule has 0 radical (unpaired) electrons. The summed E-state index contributed by atoms with van der Waals surface area (Å²) in [6.45, 7) is 1.82. The first-order chi connectivity index (χ1) is 14.6. The number of rotatable bonds is 6. The second kappa shape index (κ2) is 8.29. The highest BCUT2D eigenvalue weighted by molar-refractivity contribution is 7.17. The minimum Gasteiger partial charge on any atom is -0.493 e. The Morgan fingerprint density at radius 2 is 1.83 bits per heavy atom. The van der Waals surface area contributed by atoms with Crippen LogP contribution in [0.2, 0.25) is 0 Å². The standard InChI is InChI=1S/C20H18N6O3S/c1-12-18(30-20(22-12)13-4-9-16(28-2)17(10-13)29-3)19(27)23-14-5-7-15(8-6-14)26-11-21-24-25-26/h4-11H,1-3H3,(H,23,27). The lowest BCUT2D eigenvalue weighted by Crippen LogP contribution is -2.11. The number of methoxy groups -OCH3 is 2. The molecule has 4 rings (SSSR count). The molecule has 2 heterocycles. The lowest BCUT2D eigenvalue weighted by Gasteiger charge is -2.08. The van der Waals surface area contributed by atoms with E-state index in [9.17, 15) is 4.79 Å². The molecule has 9 nitrogen and oxygen atoms in total. The minimum atomic E-state index is -0.216. The van der Waals surface area contributed by atoms with Crippen molar-refractivity contribution in [2.75, 3.05) is 19.5 Å². The first-order valence-electron chi connectivity index (χ1n) is 8.93. The molecule has 152 valence electrons. The topological polar surface area (TPSA) is 104 Å². The molecular formula is C20H18N6O3S. The van der Waals surface area contributed by atoms with Gasteiger partial charge in [-0.2, -0.15) is 0 Å². The van der Waals surface area contributed by atoms with Crippen molar-refractivity contribution in [3.63, 3.8) is 0 Å². The maximum absolute atomic E-state index is 12.8. The van der Waals surface area contributed by atoms with Crippen LogP contribution in [0.4, 0.5) is 5.69 Å². The maximum atomic E-state index is 12.8. The highest BCUT2D eigenvalue weighted by Crippen LogP contribution is 2.35. The summed E-state index contributed by atoms with van der Waals surface area (Å²) in [4.78, 5) is 17.9. The van der Waals surface area contributed by atoms with Crippen LogP contribution in [0.3, 0.4) is 0 Å². The number of tetrazole rings is 1. The molecule has 0 aliphatic rings. The van der Waals surface area contributed by atoms with Crippen molar-refractivity contribution in [1.29, 1.82) is 0 Å². The maximum Gasteiger partial charge on any atom is 0.267 e. The van der Waals surface area contributed by atoms with Crippen molar-refractivity contribution in [3.8, 4) is 27.8 Å². The predicted octanol–water partition coefficient (Wildman–Crippen LogP) is 3.36. The zero-order chi connectivity index (χ0) is 21.1. The van der Waals surface area contributed by atoms with Gasteiger partial charge in [-0.25, -0.2) is 9.67 Å². The summed E-state index contributed by atoms with van der Waals surface area (Å²) in [5.74, 6) is 1.03.